The topological polar surface area (TPSA) is 59.2 Å². The van der Waals surface area contributed by atoms with Crippen molar-refractivity contribution in [2.45, 2.75) is 45.0 Å². The summed E-state index contributed by atoms with van der Waals surface area (Å²) in [5.74, 6) is -0.0993. The Hall–Kier alpha value is -1.89. The van der Waals surface area contributed by atoms with Gasteiger partial charge in [0, 0.05) is 12.1 Å². The zero-order chi connectivity index (χ0) is 17.0. The van der Waals surface area contributed by atoms with Crippen LogP contribution < -0.4 is 0 Å². The summed E-state index contributed by atoms with van der Waals surface area (Å²) in [6.07, 6.45) is 0. The van der Waals surface area contributed by atoms with E-state index in [1.54, 1.807) is 23.1 Å². The first kappa shape index (κ1) is 17.5. The van der Waals surface area contributed by atoms with E-state index in [1.807, 2.05) is 27.7 Å². The van der Waals surface area contributed by atoms with Crippen LogP contribution in [0.1, 0.15) is 27.7 Å². The SMILES string of the molecule is CC(C)N(C(=O)CSc1nnc(-c2ccccc2F)o1)C(C)C. The van der Waals surface area contributed by atoms with E-state index in [0.29, 0.717) is 0 Å². The Labute approximate surface area is 139 Å². The van der Waals surface area contributed by atoms with E-state index >= 15 is 0 Å². The molecule has 0 aliphatic rings. The van der Waals surface area contributed by atoms with Gasteiger partial charge in [-0.05, 0) is 39.8 Å². The number of benzene rings is 1. The van der Waals surface area contributed by atoms with Crippen molar-refractivity contribution in [1.29, 1.82) is 0 Å². The largest absolute Gasteiger partial charge is 0.411 e. The van der Waals surface area contributed by atoms with Crippen LogP contribution in [0.15, 0.2) is 33.9 Å². The molecule has 7 heteroatoms. The second-order valence-corrected chi connectivity index (χ2v) is 6.56. The minimum absolute atomic E-state index is 0.00522. The summed E-state index contributed by atoms with van der Waals surface area (Å²) in [7, 11) is 0. The van der Waals surface area contributed by atoms with Crippen molar-refractivity contribution in [3.63, 3.8) is 0 Å². The molecule has 124 valence electrons. The Kier molecular flexibility index (Phi) is 5.76. The van der Waals surface area contributed by atoms with Gasteiger partial charge >= 0.3 is 0 Å². The van der Waals surface area contributed by atoms with Crippen LogP contribution in [0.25, 0.3) is 11.5 Å². The minimum atomic E-state index is -0.422. The quantitative estimate of drug-likeness (QED) is 0.754. The lowest BCUT2D eigenvalue weighted by molar-refractivity contribution is -0.131. The molecule has 0 N–H and O–H groups in total. The molecule has 0 saturated carbocycles. The summed E-state index contributed by atoms with van der Waals surface area (Å²) < 4.78 is 19.1. The number of halogens is 1. The highest BCUT2D eigenvalue weighted by atomic mass is 32.2. The van der Waals surface area contributed by atoms with Gasteiger partial charge in [0.1, 0.15) is 5.82 Å². The van der Waals surface area contributed by atoms with Crippen LogP contribution in [-0.4, -0.2) is 38.8 Å². The molecule has 0 bridgehead atoms. The van der Waals surface area contributed by atoms with Gasteiger partial charge in [0.15, 0.2) is 0 Å². The molecule has 0 fully saturated rings. The predicted molar refractivity (Wildman–Crippen MR) is 87.5 cm³/mol. The summed E-state index contributed by atoms with van der Waals surface area (Å²) in [6.45, 7) is 7.91. The van der Waals surface area contributed by atoms with Gasteiger partial charge in [-0.15, -0.1) is 10.2 Å². The number of hydrogen-bond acceptors (Lipinski definition) is 5. The van der Waals surface area contributed by atoms with Gasteiger partial charge in [0.25, 0.3) is 11.1 Å². The molecule has 1 aromatic heterocycles. The third kappa shape index (κ3) is 4.31. The summed E-state index contributed by atoms with van der Waals surface area (Å²) >= 11 is 1.16. The van der Waals surface area contributed by atoms with E-state index in [4.69, 9.17) is 4.42 Å². The van der Waals surface area contributed by atoms with E-state index < -0.39 is 5.82 Å². The highest BCUT2D eigenvalue weighted by Gasteiger charge is 2.21. The second-order valence-electron chi connectivity index (χ2n) is 5.63. The number of amides is 1. The molecule has 0 aliphatic heterocycles. The average molecular weight is 337 g/mol. The Morgan fingerprint density at radius 3 is 2.48 bits per heavy atom. The van der Waals surface area contributed by atoms with Crippen molar-refractivity contribution in [3.8, 4) is 11.5 Å². The smallest absolute Gasteiger partial charge is 0.277 e. The van der Waals surface area contributed by atoms with Crippen LogP contribution in [0.4, 0.5) is 4.39 Å². The molecule has 1 aromatic carbocycles. The first-order chi connectivity index (χ1) is 10.9. The molecule has 0 atom stereocenters. The molecule has 0 aliphatic carbocycles. The summed E-state index contributed by atoms with van der Waals surface area (Å²) in [6, 6.07) is 6.44. The van der Waals surface area contributed by atoms with Crippen LogP contribution in [0, 0.1) is 5.82 Å². The molecule has 1 heterocycles. The normalized spacial score (nSPS) is 11.3. The molecule has 0 spiro atoms. The number of carbonyl (C=O) groups excluding carboxylic acids is 1. The molecular formula is C16H20FN3O2S. The third-order valence-electron chi connectivity index (χ3n) is 3.23. The number of thioether (sulfide) groups is 1. The lowest BCUT2D eigenvalue weighted by atomic mass is 10.2. The fourth-order valence-corrected chi connectivity index (χ4v) is 3.01. The van der Waals surface area contributed by atoms with E-state index in [-0.39, 0.29) is 40.4 Å². The molecule has 0 radical (unpaired) electrons. The van der Waals surface area contributed by atoms with Crippen LogP contribution in [0.5, 0.6) is 0 Å². The van der Waals surface area contributed by atoms with E-state index in [0.717, 1.165) is 11.8 Å². The maximum atomic E-state index is 13.7. The first-order valence-electron chi connectivity index (χ1n) is 7.42. The van der Waals surface area contributed by atoms with Gasteiger partial charge < -0.3 is 9.32 Å². The van der Waals surface area contributed by atoms with Gasteiger partial charge in [0.2, 0.25) is 5.91 Å². The molecule has 1 amide bonds. The molecule has 0 unspecified atom stereocenters. The fourth-order valence-electron chi connectivity index (χ4n) is 2.38. The van der Waals surface area contributed by atoms with Crippen molar-refractivity contribution < 1.29 is 13.6 Å². The van der Waals surface area contributed by atoms with Gasteiger partial charge in [-0.25, -0.2) is 4.39 Å². The molecule has 2 rings (SSSR count). The van der Waals surface area contributed by atoms with Gasteiger partial charge in [0.05, 0.1) is 11.3 Å². The molecule has 0 saturated heterocycles. The number of hydrogen-bond donors (Lipinski definition) is 0. The van der Waals surface area contributed by atoms with Crippen molar-refractivity contribution >= 4 is 17.7 Å². The van der Waals surface area contributed by atoms with Crippen molar-refractivity contribution in [2.75, 3.05) is 5.75 Å². The molecular weight excluding hydrogens is 317 g/mol. The lowest BCUT2D eigenvalue weighted by Crippen LogP contribution is -2.43. The highest BCUT2D eigenvalue weighted by molar-refractivity contribution is 7.99. The number of aromatic nitrogens is 2. The second kappa shape index (κ2) is 7.59. The lowest BCUT2D eigenvalue weighted by Gasteiger charge is -2.30. The maximum absolute atomic E-state index is 13.7. The van der Waals surface area contributed by atoms with Gasteiger partial charge in [-0.3, -0.25) is 4.79 Å². The Balaban J connectivity index is 2.03. The predicted octanol–water partition coefficient (Wildman–Crippen LogP) is 3.61. The first-order valence-corrected chi connectivity index (χ1v) is 8.41. The van der Waals surface area contributed by atoms with Gasteiger partial charge in [-0.2, -0.15) is 0 Å². The Morgan fingerprint density at radius 1 is 1.22 bits per heavy atom. The fraction of sp³-hybridized carbons (Fsp3) is 0.438. The third-order valence-corrected chi connectivity index (χ3v) is 4.03. The summed E-state index contributed by atoms with van der Waals surface area (Å²) in [5, 5.41) is 7.96. The molecule has 23 heavy (non-hydrogen) atoms. The van der Waals surface area contributed by atoms with Crippen molar-refractivity contribution in [3.05, 3.63) is 30.1 Å². The zero-order valence-electron chi connectivity index (χ0n) is 13.6. The number of nitrogens with zero attached hydrogens (tertiary/aromatic N) is 3. The highest BCUT2D eigenvalue weighted by Crippen LogP contribution is 2.25. The van der Waals surface area contributed by atoms with Crippen LogP contribution in [0.2, 0.25) is 0 Å². The van der Waals surface area contributed by atoms with Gasteiger partial charge in [-0.1, -0.05) is 23.9 Å². The number of rotatable bonds is 6. The number of carbonyl (C=O) groups is 1. The van der Waals surface area contributed by atoms with E-state index in [2.05, 4.69) is 10.2 Å². The van der Waals surface area contributed by atoms with Crippen LogP contribution in [-0.2, 0) is 4.79 Å². The summed E-state index contributed by atoms with van der Waals surface area (Å²) in [4.78, 5) is 14.1. The maximum Gasteiger partial charge on any atom is 0.277 e. The monoisotopic (exact) mass is 337 g/mol. The Bertz CT molecular complexity index is 665. The van der Waals surface area contributed by atoms with Crippen LogP contribution >= 0.6 is 11.8 Å². The summed E-state index contributed by atoms with van der Waals surface area (Å²) in [5.41, 5.74) is 0.254. The minimum Gasteiger partial charge on any atom is -0.411 e. The molecule has 5 nitrogen and oxygen atoms in total. The van der Waals surface area contributed by atoms with Crippen LogP contribution in [0.3, 0.4) is 0 Å². The zero-order valence-corrected chi connectivity index (χ0v) is 14.4. The van der Waals surface area contributed by atoms with Crippen molar-refractivity contribution in [2.24, 2.45) is 0 Å². The van der Waals surface area contributed by atoms with E-state index in [9.17, 15) is 9.18 Å². The standard InChI is InChI=1S/C16H20FN3O2S/c1-10(2)20(11(3)4)14(21)9-23-16-19-18-15(22-16)12-7-5-6-8-13(12)17/h5-8,10-11H,9H2,1-4H3. The average Bonchev–Trinajstić information content (AvgIpc) is 2.93. The van der Waals surface area contributed by atoms with E-state index in [1.165, 1.54) is 6.07 Å². The molecule has 2 aromatic rings. The Morgan fingerprint density at radius 2 is 1.87 bits per heavy atom. The van der Waals surface area contributed by atoms with Crippen molar-refractivity contribution in [1.82, 2.24) is 15.1 Å².